The molecular weight excluding hydrogens is 491 g/mol. The molecule has 1 N–H and O–H groups in total. The summed E-state index contributed by atoms with van der Waals surface area (Å²) in [4.78, 5) is 27.0. The van der Waals surface area contributed by atoms with Gasteiger partial charge in [-0.15, -0.1) is 0 Å². The second-order valence-electron chi connectivity index (χ2n) is 6.89. The van der Waals surface area contributed by atoms with Crippen LogP contribution in [-0.2, 0) is 16.1 Å². The molecule has 0 heterocycles. The first-order chi connectivity index (χ1) is 14.2. The van der Waals surface area contributed by atoms with Crippen LogP contribution in [-0.4, -0.2) is 35.9 Å². The van der Waals surface area contributed by atoms with Crippen LogP contribution in [0.25, 0.3) is 0 Å². The normalized spacial score (nSPS) is 11.7. The van der Waals surface area contributed by atoms with Crippen LogP contribution in [0.3, 0.4) is 0 Å². The number of nitrogens with one attached hydrogen (secondary N) is 1. The number of aryl methyl sites for hydroxylation is 1. The summed E-state index contributed by atoms with van der Waals surface area (Å²) in [7, 11) is 0. The zero-order chi connectivity index (χ0) is 22.3. The first-order valence-electron chi connectivity index (χ1n) is 9.63. The lowest BCUT2D eigenvalue weighted by Crippen LogP contribution is -2.49. The SMILES string of the molecule is CCCNC(=O)[C@@H](C)N(Cc1c(Cl)cccc1Cl)C(=O)COc1ccc(Br)c(C)c1. The van der Waals surface area contributed by atoms with Crippen molar-refractivity contribution in [2.45, 2.75) is 39.8 Å². The van der Waals surface area contributed by atoms with E-state index in [4.69, 9.17) is 27.9 Å². The maximum absolute atomic E-state index is 13.0. The number of hydrogen-bond acceptors (Lipinski definition) is 3. The van der Waals surface area contributed by atoms with Crippen molar-refractivity contribution in [2.75, 3.05) is 13.2 Å². The van der Waals surface area contributed by atoms with Crippen molar-refractivity contribution in [2.24, 2.45) is 0 Å². The predicted molar refractivity (Wildman–Crippen MR) is 124 cm³/mol. The number of amides is 2. The van der Waals surface area contributed by atoms with Gasteiger partial charge in [-0.25, -0.2) is 0 Å². The molecule has 2 aromatic rings. The van der Waals surface area contributed by atoms with Crippen molar-refractivity contribution in [3.05, 3.63) is 62.0 Å². The molecule has 0 spiro atoms. The third-order valence-electron chi connectivity index (χ3n) is 4.60. The molecule has 0 saturated carbocycles. The maximum atomic E-state index is 13.0. The number of ether oxygens (including phenoxy) is 1. The highest BCUT2D eigenvalue weighted by Gasteiger charge is 2.27. The van der Waals surface area contributed by atoms with E-state index in [9.17, 15) is 9.59 Å². The second kappa shape index (κ2) is 11.6. The molecule has 5 nitrogen and oxygen atoms in total. The summed E-state index contributed by atoms with van der Waals surface area (Å²) < 4.78 is 6.64. The van der Waals surface area contributed by atoms with Gasteiger partial charge in [0.1, 0.15) is 11.8 Å². The first-order valence-corrected chi connectivity index (χ1v) is 11.2. The molecule has 0 saturated heterocycles. The maximum Gasteiger partial charge on any atom is 0.261 e. The monoisotopic (exact) mass is 514 g/mol. The number of hydrogen-bond donors (Lipinski definition) is 1. The van der Waals surface area contributed by atoms with E-state index in [1.807, 2.05) is 26.0 Å². The van der Waals surface area contributed by atoms with Gasteiger partial charge in [0.25, 0.3) is 5.91 Å². The molecule has 0 aromatic heterocycles. The van der Waals surface area contributed by atoms with Gasteiger partial charge in [0.15, 0.2) is 6.61 Å². The van der Waals surface area contributed by atoms with Crippen molar-refractivity contribution in [1.29, 1.82) is 0 Å². The molecular formula is C22H25BrCl2N2O3. The van der Waals surface area contributed by atoms with Crippen LogP contribution in [0.4, 0.5) is 0 Å². The van der Waals surface area contributed by atoms with Crippen molar-refractivity contribution < 1.29 is 14.3 Å². The molecule has 1 atom stereocenters. The molecule has 2 rings (SSSR count). The highest BCUT2D eigenvalue weighted by molar-refractivity contribution is 9.10. The first kappa shape index (κ1) is 24.5. The summed E-state index contributed by atoms with van der Waals surface area (Å²) >= 11 is 16.0. The zero-order valence-corrected chi connectivity index (χ0v) is 20.3. The summed E-state index contributed by atoms with van der Waals surface area (Å²) in [6.45, 7) is 6.00. The fourth-order valence-corrected chi connectivity index (χ4v) is 3.53. The molecule has 0 aliphatic rings. The average Bonchev–Trinajstić information content (AvgIpc) is 2.72. The van der Waals surface area contributed by atoms with E-state index in [2.05, 4.69) is 21.2 Å². The molecule has 0 aliphatic heterocycles. The van der Waals surface area contributed by atoms with Gasteiger partial charge in [0.2, 0.25) is 5.91 Å². The van der Waals surface area contributed by atoms with Gasteiger partial charge in [0, 0.05) is 33.2 Å². The minimum Gasteiger partial charge on any atom is -0.484 e. The van der Waals surface area contributed by atoms with Crippen LogP contribution in [0.15, 0.2) is 40.9 Å². The van der Waals surface area contributed by atoms with Crippen LogP contribution in [0.1, 0.15) is 31.4 Å². The number of carbonyl (C=O) groups excluding carboxylic acids is 2. The standard InChI is InChI=1S/C22H25BrCl2N2O3/c1-4-10-26-22(29)15(3)27(12-17-19(24)6-5-7-20(17)25)21(28)13-30-16-8-9-18(23)14(2)11-16/h5-9,11,15H,4,10,12-13H2,1-3H3,(H,26,29)/t15-/m1/s1. The molecule has 30 heavy (non-hydrogen) atoms. The van der Waals surface area contributed by atoms with E-state index in [1.54, 1.807) is 31.2 Å². The Kier molecular flexibility index (Phi) is 9.46. The van der Waals surface area contributed by atoms with Gasteiger partial charge in [-0.05, 0) is 56.2 Å². The molecule has 0 bridgehead atoms. The summed E-state index contributed by atoms with van der Waals surface area (Å²) in [6.07, 6.45) is 0.800. The van der Waals surface area contributed by atoms with Gasteiger partial charge in [-0.3, -0.25) is 9.59 Å². The van der Waals surface area contributed by atoms with Gasteiger partial charge < -0.3 is 15.0 Å². The van der Waals surface area contributed by atoms with E-state index < -0.39 is 6.04 Å². The molecule has 0 unspecified atom stereocenters. The predicted octanol–water partition coefficient (Wildman–Crippen LogP) is 5.39. The van der Waals surface area contributed by atoms with Crippen LogP contribution in [0.2, 0.25) is 10.0 Å². The highest BCUT2D eigenvalue weighted by Crippen LogP contribution is 2.27. The van der Waals surface area contributed by atoms with Crippen molar-refractivity contribution >= 4 is 50.9 Å². The Balaban J connectivity index is 2.21. The topological polar surface area (TPSA) is 58.6 Å². The fourth-order valence-electron chi connectivity index (χ4n) is 2.77. The Labute approximate surface area is 195 Å². The number of halogens is 3. The van der Waals surface area contributed by atoms with Gasteiger partial charge >= 0.3 is 0 Å². The Hall–Kier alpha value is -1.76. The van der Waals surface area contributed by atoms with E-state index >= 15 is 0 Å². The van der Waals surface area contributed by atoms with Crippen LogP contribution < -0.4 is 10.1 Å². The number of carbonyl (C=O) groups is 2. The molecule has 2 amide bonds. The largest absolute Gasteiger partial charge is 0.484 e. The van der Waals surface area contributed by atoms with Gasteiger partial charge in [0.05, 0.1) is 0 Å². The smallest absolute Gasteiger partial charge is 0.261 e. The molecule has 8 heteroatoms. The van der Waals surface area contributed by atoms with Crippen molar-refractivity contribution in [3.8, 4) is 5.75 Å². The average molecular weight is 516 g/mol. The Morgan fingerprint density at radius 2 is 1.87 bits per heavy atom. The Bertz CT molecular complexity index is 888. The lowest BCUT2D eigenvalue weighted by molar-refractivity contribution is -0.142. The van der Waals surface area contributed by atoms with Crippen LogP contribution in [0.5, 0.6) is 5.75 Å². The Morgan fingerprint density at radius 1 is 1.20 bits per heavy atom. The summed E-state index contributed by atoms with van der Waals surface area (Å²) in [5.41, 5.74) is 1.58. The van der Waals surface area contributed by atoms with Crippen LogP contribution in [0, 0.1) is 6.92 Å². The van der Waals surface area contributed by atoms with E-state index in [0.29, 0.717) is 27.9 Å². The summed E-state index contributed by atoms with van der Waals surface area (Å²) in [5, 5.41) is 3.70. The van der Waals surface area contributed by atoms with Gasteiger partial charge in [-0.2, -0.15) is 0 Å². The van der Waals surface area contributed by atoms with Gasteiger partial charge in [-0.1, -0.05) is 52.1 Å². The second-order valence-corrected chi connectivity index (χ2v) is 8.56. The molecule has 162 valence electrons. The lowest BCUT2D eigenvalue weighted by atomic mass is 10.1. The highest BCUT2D eigenvalue weighted by atomic mass is 79.9. The summed E-state index contributed by atoms with van der Waals surface area (Å²) in [6, 6.07) is 9.89. The van der Waals surface area contributed by atoms with E-state index in [0.717, 1.165) is 16.5 Å². The summed E-state index contributed by atoms with van der Waals surface area (Å²) in [5.74, 6) is -0.0126. The molecule has 0 aliphatic carbocycles. The zero-order valence-electron chi connectivity index (χ0n) is 17.2. The number of nitrogens with zero attached hydrogens (tertiary/aromatic N) is 1. The van der Waals surface area contributed by atoms with Crippen molar-refractivity contribution in [1.82, 2.24) is 10.2 Å². The molecule has 0 radical (unpaired) electrons. The molecule has 0 fully saturated rings. The number of rotatable bonds is 9. The van der Waals surface area contributed by atoms with E-state index in [1.165, 1.54) is 4.90 Å². The molecule has 2 aromatic carbocycles. The quantitative estimate of drug-likeness (QED) is 0.487. The van der Waals surface area contributed by atoms with Crippen molar-refractivity contribution in [3.63, 3.8) is 0 Å². The van der Waals surface area contributed by atoms with Crippen LogP contribution >= 0.6 is 39.1 Å². The minimum atomic E-state index is -0.716. The third kappa shape index (κ3) is 6.62. The fraction of sp³-hybridized carbons (Fsp3) is 0.364. The van der Waals surface area contributed by atoms with E-state index in [-0.39, 0.29) is 25.0 Å². The Morgan fingerprint density at radius 3 is 2.47 bits per heavy atom. The minimum absolute atomic E-state index is 0.0980. The lowest BCUT2D eigenvalue weighted by Gasteiger charge is -2.29. The third-order valence-corrected chi connectivity index (χ3v) is 6.20. The number of benzene rings is 2.